The number of hydrazine groups is 1. The van der Waals surface area contributed by atoms with E-state index in [4.69, 9.17) is 11.6 Å². The fraction of sp³-hybridized carbons (Fsp3) is 0.174. The molecule has 0 saturated heterocycles. The summed E-state index contributed by atoms with van der Waals surface area (Å²) in [6.45, 7) is 0.460. The van der Waals surface area contributed by atoms with Crippen molar-refractivity contribution in [2.24, 2.45) is 0 Å². The number of benzene rings is 3. The first-order valence-corrected chi connectivity index (χ1v) is 9.83. The van der Waals surface area contributed by atoms with E-state index in [9.17, 15) is 9.18 Å². The molecule has 29 heavy (non-hydrogen) atoms. The summed E-state index contributed by atoms with van der Waals surface area (Å²) in [5.74, 6) is -0.436. The van der Waals surface area contributed by atoms with E-state index in [2.05, 4.69) is 10.7 Å². The largest absolute Gasteiger partial charge is 0.388 e. The second kappa shape index (κ2) is 8.23. The zero-order valence-corrected chi connectivity index (χ0v) is 16.7. The number of amides is 1. The van der Waals surface area contributed by atoms with Crippen LogP contribution in [0.2, 0.25) is 5.02 Å². The molecule has 2 N–H and O–H groups in total. The normalized spacial score (nSPS) is 15.9. The van der Waals surface area contributed by atoms with Crippen LogP contribution in [0.5, 0.6) is 0 Å². The fourth-order valence-corrected chi connectivity index (χ4v) is 3.71. The molecule has 1 amide bonds. The lowest BCUT2D eigenvalue weighted by Crippen LogP contribution is -2.50. The van der Waals surface area contributed by atoms with E-state index >= 15 is 0 Å². The zero-order valence-electron chi connectivity index (χ0n) is 16.0. The van der Waals surface area contributed by atoms with Gasteiger partial charge in [0.25, 0.3) is 5.91 Å². The van der Waals surface area contributed by atoms with Crippen LogP contribution in [0.4, 0.5) is 10.1 Å². The minimum atomic E-state index is -0.444. The molecule has 0 bridgehead atoms. The number of carbonyl (C=O) groups excluding carboxylic acids is 1. The number of nitrogens with one attached hydrogen (secondary N) is 2. The first-order valence-electron chi connectivity index (χ1n) is 9.45. The SMILES string of the molecule is CNc1ccc(C2NN(CCc3ccc(Cl)cc3)C(=O)c3ccccc32)c(F)c1. The molecule has 3 aromatic carbocycles. The van der Waals surface area contributed by atoms with Gasteiger partial charge < -0.3 is 5.32 Å². The van der Waals surface area contributed by atoms with Gasteiger partial charge in [-0.1, -0.05) is 48.0 Å². The van der Waals surface area contributed by atoms with Gasteiger partial charge in [0.1, 0.15) is 5.82 Å². The van der Waals surface area contributed by atoms with E-state index in [1.165, 1.54) is 6.07 Å². The molecule has 148 valence electrons. The van der Waals surface area contributed by atoms with Crippen molar-refractivity contribution >= 4 is 23.2 Å². The number of carbonyl (C=O) groups is 1. The Hall–Kier alpha value is -2.89. The second-order valence-corrected chi connectivity index (χ2v) is 7.41. The summed E-state index contributed by atoms with van der Waals surface area (Å²) in [4.78, 5) is 13.0. The Morgan fingerprint density at radius 3 is 2.55 bits per heavy atom. The van der Waals surface area contributed by atoms with E-state index in [0.29, 0.717) is 34.8 Å². The smallest absolute Gasteiger partial charge is 0.268 e. The molecule has 1 aliphatic heterocycles. The molecular formula is C23H21ClFN3O. The summed E-state index contributed by atoms with van der Waals surface area (Å²) < 4.78 is 14.8. The second-order valence-electron chi connectivity index (χ2n) is 6.97. The van der Waals surface area contributed by atoms with Gasteiger partial charge in [-0.05, 0) is 47.9 Å². The molecule has 3 aromatic rings. The van der Waals surface area contributed by atoms with Gasteiger partial charge in [0, 0.05) is 35.4 Å². The highest BCUT2D eigenvalue weighted by molar-refractivity contribution is 6.30. The molecule has 0 radical (unpaired) electrons. The van der Waals surface area contributed by atoms with E-state index in [1.807, 2.05) is 48.5 Å². The van der Waals surface area contributed by atoms with Crippen LogP contribution in [0.15, 0.2) is 66.7 Å². The molecule has 1 unspecified atom stereocenters. The van der Waals surface area contributed by atoms with Crippen LogP contribution in [0, 0.1) is 5.82 Å². The summed E-state index contributed by atoms with van der Waals surface area (Å²) in [6.07, 6.45) is 0.659. The molecule has 0 fully saturated rings. The predicted molar refractivity (Wildman–Crippen MR) is 114 cm³/mol. The number of hydrogen-bond donors (Lipinski definition) is 2. The third-order valence-electron chi connectivity index (χ3n) is 5.17. The van der Waals surface area contributed by atoms with Crippen molar-refractivity contribution in [3.05, 3.63) is 99.8 Å². The van der Waals surface area contributed by atoms with E-state index in [-0.39, 0.29) is 11.7 Å². The Kier molecular flexibility index (Phi) is 5.51. The lowest BCUT2D eigenvalue weighted by Gasteiger charge is -2.36. The molecule has 0 aliphatic carbocycles. The molecular weight excluding hydrogens is 389 g/mol. The summed E-state index contributed by atoms with van der Waals surface area (Å²) in [6, 6.07) is 19.5. The van der Waals surface area contributed by atoms with Gasteiger partial charge in [0.05, 0.1) is 6.04 Å². The topological polar surface area (TPSA) is 44.4 Å². The van der Waals surface area contributed by atoms with Crippen molar-refractivity contribution in [1.82, 2.24) is 10.4 Å². The van der Waals surface area contributed by atoms with Crippen molar-refractivity contribution < 1.29 is 9.18 Å². The molecule has 0 spiro atoms. The van der Waals surface area contributed by atoms with Gasteiger partial charge in [-0.25, -0.2) is 9.82 Å². The number of halogens is 2. The Morgan fingerprint density at radius 2 is 1.83 bits per heavy atom. The highest BCUT2D eigenvalue weighted by atomic mass is 35.5. The number of fused-ring (bicyclic) bond motifs is 1. The van der Waals surface area contributed by atoms with Crippen LogP contribution in [0.25, 0.3) is 0 Å². The quantitative estimate of drug-likeness (QED) is 0.635. The first kappa shape index (κ1) is 19.4. The maximum absolute atomic E-state index is 14.8. The Balaban J connectivity index is 1.64. The van der Waals surface area contributed by atoms with Gasteiger partial charge in [-0.3, -0.25) is 9.80 Å². The van der Waals surface area contributed by atoms with Crippen molar-refractivity contribution in [2.75, 3.05) is 18.9 Å². The third kappa shape index (κ3) is 3.97. The van der Waals surface area contributed by atoms with Gasteiger partial charge in [-0.15, -0.1) is 0 Å². The van der Waals surface area contributed by atoms with E-state index in [1.54, 1.807) is 24.2 Å². The van der Waals surface area contributed by atoms with Gasteiger partial charge >= 0.3 is 0 Å². The maximum Gasteiger partial charge on any atom is 0.268 e. The minimum absolute atomic E-state index is 0.113. The van der Waals surface area contributed by atoms with Crippen molar-refractivity contribution in [2.45, 2.75) is 12.5 Å². The van der Waals surface area contributed by atoms with E-state index in [0.717, 1.165) is 11.1 Å². The summed E-state index contributed by atoms with van der Waals surface area (Å²) in [5, 5.41) is 5.19. The number of nitrogens with zero attached hydrogens (tertiary/aromatic N) is 1. The lowest BCUT2D eigenvalue weighted by molar-refractivity contribution is 0.0598. The monoisotopic (exact) mass is 409 g/mol. The van der Waals surface area contributed by atoms with Crippen LogP contribution in [-0.4, -0.2) is 24.5 Å². The van der Waals surface area contributed by atoms with Crippen molar-refractivity contribution in [1.29, 1.82) is 0 Å². The molecule has 6 heteroatoms. The average molecular weight is 410 g/mol. The first-order chi connectivity index (χ1) is 14.1. The molecule has 4 nitrogen and oxygen atoms in total. The van der Waals surface area contributed by atoms with Crippen LogP contribution in [0.1, 0.15) is 33.1 Å². The number of anilines is 1. The minimum Gasteiger partial charge on any atom is -0.388 e. The van der Waals surface area contributed by atoms with Crippen LogP contribution in [-0.2, 0) is 6.42 Å². The summed E-state index contributed by atoms with van der Waals surface area (Å²) in [5.41, 5.74) is 6.87. The lowest BCUT2D eigenvalue weighted by atomic mass is 9.92. The van der Waals surface area contributed by atoms with Gasteiger partial charge in [0.2, 0.25) is 0 Å². The Bertz CT molecular complexity index is 1040. The Labute approximate surface area is 174 Å². The van der Waals surface area contributed by atoms with Crippen LogP contribution in [0.3, 0.4) is 0 Å². The molecule has 1 atom stereocenters. The molecule has 1 aliphatic rings. The van der Waals surface area contributed by atoms with E-state index < -0.39 is 6.04 Å². The third-order valence-corrected chi connectivity index (χ3v) is 5.42. The molecule has 4 rings (SSSR count). The highest BCUT2D eigenvalue weighted by Crippen LogP contribution is 2.32. The average Bonchev–Trinajstić information content (AvgIpc) is 2.75. The van der Waals surface area contributed by atoms with Crippen LogP contribution >= 0.6 is 11.6 Å². The summed E-state index contributed by atoms with van der Waals surface area (Å²) >= 11 is 5.95. The fourth-order valence-electron chi connectivity index (χ4n) is 3.58. The van der Waals surface area contributed by atoms with Crippen molar-refractivity contribution in [3.8, 4) is 0 Å². The highest BCUT2D eigenvalue weighted by Gasteiger charge is 2.32. The van der Waals surface area contributed by atoms with Gasteiger partial charge in [-0.2, -0.15) is 0 Å². The maximum atomic E-state index is 14.8. The molecule has 0 aromatic heterocycles. The Morgan fingerprint density at radius 1 is 1.07 bits per heavy atom. The number of hydrogen-bond acceptors (Lipinski definition) is 3. The molecule has 0 saturated carbocycles. The van der Waals surface area contributed by atoms with Crippen molar-refractivity contribution in [3.63, 3.8) is 0 Å². The van der Waals surface area contributed by atoms with Gasteiger partial charge in [0.15, 0.2) is 0 Å². The number of rotatable bonds is 5. The van der Waals surface area contributed by atoms with Crippen LogP contribution < -0.4 is 10.7 Å². The predicted octanol–water partition coefficient (Wildman–Crippen LogP) is 4.81. The molecule has 1 heterocycles. The summed E-state index contributed by atoms with van der Waals surface area (Å²) in [7, 11) is 1.75. The zero-order chi connectivity index (χ0) is 20.4. The standard InChI is InChI=1S/C23H21ClFN3O/c1-26-17-10-11-20(21(25)14-17)22-18-4-2-3-5-19(18)23(29)28(27-22)13-12-15-6-8-16(24)9-7-15/h2-11,14,22,26-27H,12-13H2,1H3.